The lowest BCUT2D eigenvalue weighted by atomic mass is 10.0. The first kappa shape index (κ1) is 28.3. The zero-order valence-electron chi connectivity index (χ0n) is 22.5. The maximum atomic E-state index is 13.5. The van der Waals surface area contributed by atoms with Gasteiger partial charge in [-0.05, 0) is 69.9 Å². The first-order valence-corrected chi connectivity index (χ1v) is 15.5. The van der Waals surface area contributed by atoms with Gasteiger partial charge in [0.2, 0.25) is 15.9 Å². The average molecular weight is 561 g/mol. The fourth-order valence-corrected chi connectivity index (χ4v) is 8.12. The maximum absolute atomic E-state index is 13.5. The van der Waals surface area contributed by atoms with Gasteiger partial charge >= 0.3 is 0 Å². The predicted molar refractivity (Wildman–Crippen MR) is 148 cm³/mol. The molecular weight excluding hydrogens is 524 g/mol. The predicted octanol–water partition coefficient (Wildman–Crippen LogP) is 3.95. The first-order chi connectivity index (χ1) is 18.1. The monoisotopic (exact) mass is 560 g/mol. The Balaban J connectivity index is 1.60. The number of carbonyl (C=O) groups excluding carboxylic acids is 3. The second kappa shape index (κ2) is 11.5. The van der Waals surface area contributed by atoms with E-state index in [-0.39, 0.29) is 22.8 Å². The molecule has 0 aliphatic carbocycles. The third-order valence-corrected chi connectivity index (χ3v) is 10.6. The van der Waals surface area contributed by atoms with Crippen LogP contribution in [0, 0.1) is 0 Å². The molecule has 1 atom stereocenters. The van der Waals surface area contributed by atoms with E-state index in [1.54, 1.807) is 9.80 Å². The van der Waals surface area contributed by atoms with E-state index in [9.17, 15) is 22.8 Å². The van der Waals surface area contributed by atoms with Crippen molar-refractivity contribution in [1.29, 1.82) is 0 Å². The van der Waals surface area contributed by atoms with Crippen molar-refractivity contribution in [3.05, 3.63) is 45.8 Å². The number of hydrogen-bond acceptors (Lipinski definition) is 6. The molecule has 1 saturated heterocycles. The molecule has 3 amide bonds. The number of nitrogens with zero attached hydrogens (tertiary/aromatic N) is 3. The van der Waals surface area contributed by atoms with Crippen molar-refractivity contribution in [2.75, 3.05) is 31.5 Å². The molecule has 0 spiro atoms. The van der Waals surface area contributed by atoms with E-state index in [0.717, 1.165) is 29.7 Å². The van der Waals surface area contributed by atoms with Gasteiger partial charge in [-0.2, -0.15) is 4.31 Å². The van der Waals surface area contributed by atoms with Gasteiger partial charge in [0, 0.05) is 49.6 Å². The summed E-state index contributed by atoms with van der Waals surface area (Å²) in [5.74, 6) is -0.590. The van der Waals surface area contributed by atoms with Gasteiger partial charge in [-0.3, -0.25) is 14.4 Å². The Morgan fingerprint density at radius 1 is 1.08 bits per heavy atom. The molecule has 2 aromatic rings. The summed E-state index contributed by atoms with van der Waals surface area (Å²) in [6, 6.07) is 5.90. The third-order valence-electron chi connectivity index (χ3n) is 7.46. The topological polar surface area (TPSA) is 107 Å². The summed E-state index contributed by atoms with van der Waals surface area (Å²) in [6.07, 6.45) is 3.24. The molecule has 11 heteroatoms. The van der Waals surface area contributed by atoms with E-state index < -0.39 is 15.9 Å². The summed E-state index contributed by atoms with van der Waals surface area (Å²) in [5, 5.41) is 3.37. The summed E-state index contributed by atoms with van der Waals surface area (Å²) >= 11 is 1.32. The van der Waals surface area contributed by atoms with Crippen LogP contribution in [0.4, 0.5) is 5.00 Å². The number of sulfonamides is 1. The second-order valence-electron chi connectivity index (χ2n) is 9.81. The zero-order chi connectivity index (χ0) is 27.6. The van der Waals surface area contributed by atoms with Crippen LogP contribution in [0.2, 0.25) is 0 Å². The molecule has 1 fully saturated rings. The normalized spacial score (nSPS) is 18.1. The number of anilines is 1. The summed E-state index contributed by atoms with van der Waals surface area (Å²) in [6.45, 7) is 9.79. The van der Waals surface area contributed by atoms with Gasteiger partial charge in [0.05, 0.1) is 17.0 Å². The SMILES string of the molecule is CCN(CC)C(=O)c1c(NC(=O)c2ccc(S(=O)(=O)N3CCCCC3C)cc2)sc2c1CCN(C(C)=O)C2. The van der Waals surface area contributed by atoms with Crippen LogP contribution in [0.15, 0.2) is 29.2 Å². The van der Waals surface area contributed by atoms with E-state index in [1.165, 1.54) is 46.8 Å². The Kier molecular flexibility index (Phi) is 8.59. The van der Waals surface area contributed by atoms with E-state index in [0.29, 0.717) is 55.3 Å². The molecule has 0 bridgehead atoms. The zero-order valence-corrected chi connectivity index (χ0v) is 24.1. The van der Waals surface area contributed by atoms with Gasteiger partial charge in [-0.25, -0.2) is 8.42 Å². The molecule has 2 aliphatic heterocycles. The molecule has 1 unspecified atom stereocenters. The number of benzene rings is 1. The second-order valence-corrected chi connectivity index (χ2v) is 12.8. The van der Waals surface area contributed by atoms with E-state index in [1.807, 2.05) is 20.8 Å². The van der Waals surface area contributed by atoms with Crippen LogP contribution in [0.25, 0.3) is 0 Å². The fraction of sp³-hybridized carbons (Fsp3) is 0.519. The van der Waals surface area contributed by atoms with Crippen LogP contribution < -0.4 is 5.32 Å². The largest absolute Gasteiger partial charge is 0.339 e. The van der Waals surface area contributed by atoms with Crippen molar-refractivity contribution in [3.8, 4) is 0 Å². The highest BCUT2D eigenvalue weighted by Gasteiger charge is 2.32. The summed E-state index contributed by atoms with van der Waals surface area (Å²) in [4.78, 5) is 43.2. The van der Waals surface area contributed by atoms with Crippen LogP contribution in [-0.2, 0) is 27.8 Å². The van der Waals surface area contributed by atoms with E-state index in [2.05, 4.69) is 5.32 Å². The number of carbonyl (C=O) groups is 3. The number of piperidine rings is 1. The molecule has 2 aliphatic rings. The average Bonchev–Trinajstić information content (AvgIpc) is 3.26. The lowest BCUT2D eigenvalue weighted by Crippen LogP contribution is -2.41. The molecular formula is C27H36N4O5S2. The van der Waals surface area contributed by atoms with Crippen LogP contribution in [-0.4, -0.2) is 72.5 Å². The van der Waals surface area contributed by atoms with E-state index >= 15 is 0 Å². The Hall–Kier alpha value is -2.76. The lowest BCUT2D eigenvalue weighted by molar-refractivity contribution is -0.129. The summed E-state index contributed by atoms with van der Waals surface area (Å²) in [5.41, 5.74) is 1.67. The Morgan fingerprint density at radius 3 is 2.37 bits per heavy atom. The van der Waals surface area contributed by atoms with Crippen molar-refractivity contribution in [1.82, 2.24) is 14.1 Å². The number of rotatable bonds is 7. The number of fused-ring (bicyclic) bond motifs is 1. The minimum Gasteiger partial charge on any atom is -0.339 e. The number of nitrogens with one attached hydrogen (secondary N) is 1. The van der Waals surface area contributed by atoms with Gasteiger partial charge in [-0.1, -0.05) is 6.42 Å². The van der Waals surface area contributed by atoms with Crippen LogP contribution in [0.5, 0.6) is 0 Å². The van der Waals surface area contributed by atoms with Gasteiger partial charge < -0.3 is 15.1 Å². The Labute approximate surface area is 228 Å². The maximum Gasteiger partial charge on any atom is 0.257 e. The van der Waals surface area contributed by atoms with E-state index in [4.69, 9.17) is 0 Å². The van der Waals surface area contributed by atoms with Gasteiger partial charge in [0.15, 0.2) is 0 Å². The van der Waals surface area contributed by atoms with Crippen LogP contribution in [0.3, 0.4) is 0 Å². The highest BCUT2D eigenvalue weighted by atomic mass is 32.2. The molecule has 0 saturated carbocycles. The number of amides is 3. The number of hydrogen-bond donors (Lipinski definition) is 1. The van der Waals surface area contributed by atoms with Gasteiger partial charge in [-0.15, -0.1) is 11.3 Å². The quantitative estimate of drug-likeness (QED) is 0.552. The molecule has 1 aromatic carbocycles. The molecule has 1 N–H and O–H groups in total. The molecule has 3 heterocycles. The molecule has 1 aromatic heterocycles. The smallest absolute Gasteiger partial charge is 0.257 e. The van der Waals surface area contributed by atoms with Crippen molar-refractivity contribution in [2.45, 2.75) is 70.9 Å². The van der Waals surface area contributed by atoms with Crippen molar-refractivity contribution >= 4 is 44.1 Å². The van der Waals surface area contributed by atoms with Crippen LogP contribution in [0.1, 0.15) is 78.1 Å². The minimum absolute atomic E-state index is 0.0276. The Bertz CT molecular complexity index is 1320. The standard InChI is InChI=1S/C27H36N4O5S2/c1-5-29(6-2)27(34)24-22-14-16-30(19(4)32)17-23(22)37-26(24)28-25(33)20-10-12-21(13-11-20)38(35,36)31-15-8-7-9-18(31)3/h10-13,18H,5-9,14-17H2,1-4H3,(H,28,33). The van der Waals surface area contributed by atoms with Crippen molar-refractivity contribution in [2.24, 2.45) is 0 Å². The molecule has 0 radical (unpaired) electrons. The van der Waals surface area contributed by atoms with Crippen molar-refractivity contribution < 1.29 is 22.8 Å². The molecule has 9 nitrogen and oxygen atoms in total. The lowest BCUT2D eigenvalue weighted by Gasteiger charge is -2.32. The highest BCUT2D eigenvalue weighted by Crippen LogP contribution is 2.38. The third kappa shape index (κ3) is 5.50. The summed E-state index contributed by atoms with van der Waals surface area (Å²) in [7, 11) is -3.64. The van der Waals surface area contributed by atoms with Gasteiger partial charge in [0.25, 0.3) is 11.8 Å². The fourth-order valence-electron chi connectivity index (χ4n) is 5.17. The molecule has 206 valence electrons. The number of thiophene rings is 1. The van der Waals surface area contributed by atoms with Crippen molar-refractivity contribution in [3.63, 3.8) is 0 Å². The minimum atomic E-state index is -3.64. The highest BCUT2D eigenvalue weighted by molar-refractivity contribution is 7.89. The van der Waals surface area contributed by atoms with Crippen LogP contribution >= 0.6 is 11.3 Å². The summed E-state index contributed by atoms with van der Waals surface area (Å²) < 4.78 is 27.8. The first-order valence-electron chi connectivity index (χ1n) is 13.2. The molecule has 4 rings (SSSR count). The van der Waals surface area contributed by atoms with Gasteiger partial charge in [0.1, 0.15) is 5.00 Å². The Morgan fingerprint density at radius 2 is 1.76 bits per heavy atom. The molecule has 38 heavy (non-hydrogen) atoms.